The largest absolute Gasteiger partial charge is 0.366 e. The second-order valence-corrected chi connectivity index (χ2v) is 6.61. The SMILES string of the molecule is NC(=O)c1cc(NC(=O)CC(NC(=O)c2ccccc2)c2ccccc2)ccc1F. The summed E-state index contributed by atoms with van der Waals surface area (Å²) in [5.74, 6) is -2.42. The van der Waals surface area contributed by atoms with Gasteiger partial charge >= 0.3 is 0 Å². The van der Waals surface area contributed by atoms with Crippen LogP contribution in [0.1, 0.15) is 38.7 Å². The number of anilines is 1. The van der Waals surface area contributed by atoms with Crippen molar-refractivity contribution in [1.82, 2.24) is 5.32 Å². The molecule has 0 saturated carbocycles. The first-order valence-corrected chi connectivity index (χ1v) is 9.24. The average Bonchev–Trinajstić information content (AvgIpc) is 2.75. The van der Waals surface area contributed by atoms with Gasteiger partial charge in [0.1, 0.15) is 5.82 Å². The second kappa shape index (κ2) is 9.47. The van der Waals surface area contributed by atoms with E-state index in [1.54, 1.807) is 24.3 Å². The van der Waals surface area contributed by atoms with Crippen LogP contribution in [0.25, 0.3) is 0 Å². The molecule has 7 heteroatoms. The zero-order valence-electron chi connectivity index (χ0n) is 16.0. The monoisotopic (exact) mass is 405 g/mol. The number of primary amides is 1. The molecule has 6 nitrogen and oxygen atoms in total. The van der Waals surface area contributed by atoms with Gasteiger partial charge in [0.25, 0.3) is 11.8 Å². The summed E-state index contributed by atoms with van der Waals surface area (Å²) in [6.45, 7) is 0. The zero-order valence-corrected chi connectivity index (χ0v) is 16.0. The highest BCUT2D eigenvalue weighted by Gasteiger charge is 2.20. The topological polar surface area (TPSA) is 101 Å². The lowest BCUT2D eigenvalue weighted by molar-refractivity contribution is -0.116. The number of rotatable bonds is 7. The Hall–Kier alpha value is -4.00. The summed E-state index contributed by atoms with van der Waals surface area (Å²) in [5.41, 5.74) is 6.29. The summed E-state index contributed by atoms with van der Waals surface area (Å²) in [5, 5.41) is 5.48. The highest BCUT2D eigenvalue weighted by Crippen LogP contribution is 2.20. The van der Waals surface area contributed by atoms with Gasteiger partial charge in [0, 0.05) is 11.3 Å². The first-order chi connectivity index (χ1) is 14.4. The zero-order chi connectivity index (χ0) is 21.5. The van der Waals surface area contributed by atoms with Crippen LogP contribution in [0.2, 0.25) is 0 Å². The van der Waals surface area contributed by atoms with E-state index in [0.717, 1.165) is 11.6 Å². The predicted octanol–water partition coefficient (Wildman–Crippen LogP) is 3.42. The Morgan fingerprint density at radius 2 is 1.53 bits per heavy atom. The lowest BCUT2D eigenvalue weighted by Crippen LogP contribution is -2.31. The fourth-order valence-corrected chi connectivity index (χ4v) is 2.96. The molecule has 3 aromatic rings. The number of nitrogens with one attached hydrogen (secondary N) is 2. The lowest BCUT2D eigenvalue weighted by atomic mass is 10.0. The van der Waals surface area contributed by atoms with Gasteiger partial charge in [0.05, 0.1) is 18.0 Å². The van der Waals surface area contributed by atoms with Crippen molar-refractivity contribution in [3.63, 3.8) is 0 Å². The number of benzene rings is 3. The Balaban J connectivity index is 1.76. The van der Waals surface area contributed by atoms with Crippen LogP contribution >= 0.6 is 0 Å². The van der Waals surface area contributed by atoms with Crippen LogP contribution in [0.4, 0.5) is 10.1 Å². The lowest BCUT2D eigenvalue weighted by Gasteiger charge is -2.19. The van der Waals surface area contributed by atoms with Crippen molar-refractivity contribution in [2.24, 2.45) is 5.73 Å². The van der Waals surface area contributed by atoms with Gasteiger partial charge in [-0.15, -0.1) is 0 Å². The Morgan fingerprint density at radius 3 is 2.17 bits per heavy atom. The highest BCUT2D eigenvalue weighted by atomic mass is 19.1. The van der Waals surface area contributed by atoms with Crippen molar-refractivity contribution in [2.75, 3.05) is 5.32 Å². The summed E-state index contributed by atoms with van der Waals surface area (Å²) < 4.78 is 13.6. The number of carbonyl (C=O) groups is 3. The van der Waals surface area contributed by atoms with Gasteiger partial charge < -0.3 is 16.4 Å². The Bertz CT molecular complexity index is 1060. The fraction of sp³-hybridized carbons (Fsp3) is 0.0870. The van der Waals surface area contributed by atoms with Crippen LogP contribution in [-0.2, 0) is 4.79 Å². The molecular formula is C23H20FN3O3. The molecule has 3 aromatic carbocycles. The fourth-order valence-electron chi connectivity index (χ4n) is 2.96. The van der Waals surface area contributed by atoms with E-state index in [0.29, 0.717) is 5.56 Å². The number of hydrogen-bond acceptors (Lipinski definition) is 3. The number of amides is 3. The van der Waals surface area contributed by atoms with Gasteiger partial charge in [-0.1, -0.05) is 48.5 Å². The number of halogens is 1. The summed E-state index contributed by atoms with van der Waals surface area (Å²) in [7, 11) is 0. The minimum Gasteiger partial charge on any atom is -0.366 e. The molecule has 4 N–H and O–H groups in total. The van der Waals surface area contributed by atoms with E-state index in [1.807, 2.05) is 36.4 Å². The van der Waals surface area contributed by atoms with Crippen LogP contribution in [0.3, 0.4) is 0 Å². The highest BCUT2D eigenvalue weighted by molar-refractivity contribution is 5.97. The quantitative estimate of drug-likeness (QED) is 0.561. The maximum atomic E-state index is 13.6. The van der Waals surface area contributed by atoms with Crippen molar-refractivity contribution in [1.29, 1.82) is 0 Å². The van der Waals surface area contributed by atoms with E-state index in [1.165, 1.54) is 12.1 Å². The molecule has 152 valence electrons. The summed E-state index contributed by atoms with van der Waals surface area (Å²) >= 11 is 0. The van der Waals surface area contributed by atoms with E-state index in [9.17, 15) is 18.8 Å². The number of nitrogens with two attached hydrogens (primary N) is 1. The molecule has 30 heavy (non-hydrogen) atoms. The molecule has 1 unspecified atom stereocenters. The van der Waals surface area contributed by atoms with Crippen molar-refractivity contribution in [3.8, 4) is 0 Å². The standard InChI is InChI=1S/C23H20FN3O3/c24-19-12-11-17(13-18(19)22(25)29)26-21(28)14-20(15-7-3-1-4-8-15)27-23(30)16-9-5-2-6-10-16/h1-13,20H,14H2,(H2,25,29)(H,26,28)(H,27,30). The van der Waals surface area contributed by atoms with Crippen molar-refractivity contribution < 1.29 is 18.8 Å². The molecule has 0 radical (unpaired) electrons. The molecule has 1 atom stereocenters. The van der Waals surface area contributed by atoms with E-state index >= 15 is 0 Å². The van der Waals surface area contributed by atoms with E-state index in [2.05, 4.69) is 10.6 Å². The summed E-state index contributed by atoms with van der Waals surface area (Å²) in [4.78, 5) is 36.5. The van der Waals surface area contributed by atoms with Gasteiger partial charge in [-0.3, -0.25) is 14.4 Å². The maximum absolute atomic E-state index is 13.6. The molecule has 3 rings (SSSR count). The molecule has 3 amide bonds. The van der Waals surface area contributed by atoms with Crippen LogP contribution in [0.15, 0.2) is 78.9 Å². The predicted molar refractivity (Wildman–Crippen MR) is 111 cm³/mol. The van der Waals surface area contributed by atoms with E-state index < -0.39 is 23.7 Å². The number of carbonyl (C=O) groups excluding carboxylic acids is 3. The summed E-state index contributed by atoms with van der Waals surface area (Å²) in [6.07, 6.45) is -0.0636. The van der Waals surface area contributed by atoms with Crippen LogP contribution in [0.5, 0.6) is 0 Å². The van der Waals surface area contributed by atoms with Gasteiger partial charge in [0.15, 0.2) is 0 Å². The number of hydrogen-bond donors (Lipinski definition) is 3. The van der Waals surface area contributed by atoms with Crippen molar-refractivity contribution >= 4 is 23.4 Å². The first kappa shape index (κ1) is 20.7. The van der Waals surface area contributed by atoms with E-state index in [4.69, 9.17) is 5.73 Å². The molecular weight excluding hydrogens is 385 g/mol. The molecule has 0 aliphatic heterocycles. The van der Waals surface area contributed by atoms with Crippen LogP contribution in [-0.4, -0.2) is 17.7 Å². The molecule has 0 saturated heterocycles. The molecule has 0 spiro atoms. The smallest absolute Gasteiger partial charge is 0.251 e. The van der Waals surface area contributed by atoms with Crippen LogP contribution in [0, 0.1) is 5.82 Å². The van der Waals surface area contributed by atoms with Crippen LogP contribution < -0.4 is 16.4 Å². The second-order valence-electron chi connectivity index (χ2n) is 6.61. The Morgan fingerprint density at radius 1 is 0.900 bits per heavy atom. The molecule has 0 aliphatic rings. The van der Waals surface area contributed by atoms with Gasteiger partial charge in [-0.2, -0.15) is 0 Å². The maximum Gasteiger partial charge on any atom is 0.251 e. The third-order valence-electron chi connectivity index (χ3n) is 4.45. The summed E-state index contributed by atoms with van der Waals surface area (Å²) in [6, 6.07) is 20.7. The molecule has 0 aliphatic carbocycles. The Kier molecular flexibility index (Phi) is 6.54. The van der Waals surface area contributed by atoms with Gasteiger partial charge in [-0.05, 0) is 35.9 Å². The van der Waals surface area contributed by atoms with Gasteiger partial charge in [-0.25, -0.2) is 4.39 Å². The third kappa shape index (κ3) is 5.29. The third-order valence-corrected chi connectivity index (χ3v) is 4.45. The minimum absolute atomic E-state index is 0.0636. The molecule has 0 fully saturated rings. The Labute approximate surface area is 172 Å². The normalized spacial score (nSPS) is 11.4. The first-order valence-electron chi connectivity index (χ1n) is 9.24. The molecule has 0 heterocycles. The van der Waals surface area contributed by atoms with E-state index in [-0.39, 0.29) is 23.6 Å². The molecule has 0 bridgehead atoms. The van der Waals surface area contributed by atoms with Crippen molar-refractivity contribution in [3.05, 3.63) is 101 Å². The van der Waals surface area contributed by atoms with Crippen molar-refractivity contribution in [2.45, 2.75) is 12.5 Å². The van der Waals surface area contributed by atoms with Gasteiger partial charge in [0.2, 0.25) is 5.91 Å². The molecule has 0 aromatic heterocycles. The minimum atomic E-state index is -0.930. The average molecular weight is 405 g/mol.